The predicted molar refractivity (Wildman–Crippen MR) is 58.3 cm³/mol. The van der Waals surface area contributed by atoms with E-state index >= 15 is 0 Å². The number of aromatic nitrogens is 1. The van der Waals surface area contributed by atoms with Gasteiger partial charge in [-0.05, 0) is 13.3 Å². The molecule has 1 amide bonds. The van der Waals surface area contributed by atoms with Crippen molar-refractivity contribution in [3.05, 3.63) is 34.2 Å². The molecule has 0 radical (unpaired) electrons. The standard InChI is InChI=1S/C11H14N2O3/c1-7-9(3-5-16-7)13-11(15)8-6-12-4-2-10(8)14/h2,4,6-7,9H,3,5H2,1H3,(H,12,14)(H,13,15). The quantitative estimate of drug-likeness (QED) is 0.755. The molecule has 2 rings (SSSR count). The lowest BCUT2D eigenvalue weighted by molar-refractivity contribution is 0.0865. The fourth-order valence-electron chi connectivity index (χ4n) is 1.76. The van der Waals surface area contributed by atoms with E-state index in [0.717, 1.165) is 6.42 Å². The van der Waals surface area contributed by atoms with Crippen LogP contribution in [0.5, 0.6) is 0 Å². The summed E-state index contributed by atoms with van der Waals surface area (Å²) >= 11 is 0. The van der Waals surface area contributed by atoms with Gasteiger partial charge in [0.25, 0.3) is 5.91 Å². The number of H-pyrrole nitrogens is 1. The summed E-state index contributed by atoms with van der Waals surface area (Å²) < 4.78 is 5.33. The maximum absolute atomic E-state index is 11.8. The molecule has 1 fully saturated rings. The van der Waals surface area contributed by atoms with Crippen molar-refractivity contribution in [2.45, 2.75) is 25.5 Å². The van der Waals surface area contributed by atoms with E-state index in [1.54, 1.807) is 0 Å². The molecular weight excluding hydrogens is 208 g/mol. The Balaban J connectivity index is 2.09. The fourth-order valence-corrected chi connectivity index (χ4v) is 1.76. The molecule has 5 nitrogen and oxygen atoms in total. The van der Waals surface area contributed by atoms with Gasteiger partial charge in [0.15, 0.2) is 5.43 Å². The van der Waals surface area contributed by atoms with Crippen LogP contribution in [-0.4, -0.2) is 29.6 Å². The van der Waals surface area contributed by atoms with Crippen molar-refractivity contribution in [3.63, 3.8) is 0 Å². The van der Waals surface area contributed by atoms with Gasteiger partial charge in [-0.2, -0.15) is 0 Å². The lowest BCUT2D eigenvalue weighted by Crippen LogP contribution is -2.40. The van der Waals surface area contributed by atoms with Crippen LogP contribution < -0.4 is 10.7 Å². The second-order valence-electron chi connectivity index (χ2n) is 3.87. The average molecular weight is 222 g/mol. The molecule has 1 aromatic rings. The summed E-state index contributed by atoms with van der Waals surface area (Å²) in [4.78, 5) is 25.9. The molecule has 2 atom stereocenters. The molecule has 2 unspecified atom stereocenters. The van der Waals surface area contributed by atoms with Gasteiger partial charge in [0, 0.05) is 25.1 Å². The maximum Gasteiger partial charge on any atom is 0.257 e. The van der Waals surface area contributed by atoms with Crippen molar-refractivity contribution in [1.29, 1.82) is 0 Å². The van der Waals surface area contributed by atoms with Crippen molar-refractivity contribution in [1.82, 2.24) is 10.3 Å². The van der Waals surface area contributed by atoms with Gasteiger partial charge in [0.2, 0.25) is 0 Å². The number of carbonyl (C=O) groups is 1. The third-order valence-electron chi connectivity index (χ3n) is 2.76. The molecule has 2 heterocycles. The summed E-state index contributed by atoms with van der Waals surface area (Å²) in [6, 6.07) is 1.33. The first-order valence-electron chi connectivity index (χ1n) is 5.28. The monoisotopic (exact) mass is 222 g/mol. The minimum absolute atomic E-state index is 0.00624. The normalized spacial score (nSPS) is 24.3. The second-order valence-corrected chi connectivity index (χ2v) is 3.87. The van der Waals surface area contributed by atoms with E-state index in [4.69, 9.17) is 4.74 Å². The lowest BCUT2D eigenvalue weighted by Gasteiger charge is -2.15. The Labute approximate surface area is 92.8 Å². The highest BCUT2D eigenvalue weighted by Crippen LogP contribution is 2.12. The molecule has 0 aliphatic carbocycles. The highest BCUT2D eigenvalue weighted by atomic mass is 16.5. The number of ether oxygens (including phenoxy) is 1. The summed E-state index contributed by atoms with van der Waals surface area (Å²) in [6.45, 7) is 2.56. The maximum atomic E-state index is 11.8. The number of nitrogens with one attached hydrogen (secondary N) is 2. The molecular formula is C11H14N2O3. The number of carbonyl (C=O) groups excluding carboxylic acids is 1. The van der Waals surface area contributed by atoms with Crippen LogP contribution in [-0.2, 0) is 4.74 Å². The zero-order chi connectivity index (χ0) is 11.5. The van der Waals surface area contributed by atoms with Crippen LogP contribution in [0.4, 0.5) is 0 Å². The van der Waals surface area contributed by atoms with Gasteiger partial charge in [-0.15, -0.1) is 0 Å². The van der Waals surface area contributed by atoms with Crippen LogP contribution >= 0.6 is 0 Å². The van der Waals surface area contributed by atoms with Crippen molar-refractivity contribution < 1.29 is 9.53 Å². The van der Waals surface area contributed by atoms with Crippen LogP contribution in [0.25, 0.3) is 0 Å². The Morgan fingerprint density at radius 2 is 2.44 bits per heavy atom. The SMILES string of the molecule is CC1OCCC1NC(=O)c1c[nH]ccc1=O. The Morgan fingerprint density at radius 1 is 1.62 bits per heavy atom. The highest BCUT2D eigenvalue weighted by molar-refractivity contribution is 5.93. The van der Waals surface area contributed by atoms with Crippen LogP contribution in [0.3, 0.4) is 0 Å². The molecule has 86 valence electrons. The van der Waals surface area contributed by atoms with Gasteiger partial charge < -0.3 is 15.0 Å². The molecule has 16 heavy (non-hydrogen) atoms. The molecule has 5 heteroatoms. The summed E-state index contributed by atoms with van der Waals surface area (Å²) in [5.41, 5.74) is -0.135. The lowest BCUT2D eigenvalue weighted by atomic mass is 10.1. The van der Waals surface area contributed by atoms with Gasteiger partial charge in [0.05, 0.1) is 12.1 Å². The summed E-state index contributed by atoms with van der Waals surface area (Å²) in [5.74, 6) is -0.343. The molecule has 0 spiro atoms. The molecule has 1 aliphatic rings. The zero-order valence-corrected chi connectivity index (χ0v) is 9.03. The molecule has 1 aromatic heterocycles. The first-order chi connectivity index (χ1) is 7.68. The Bertz CT molecular complexity index is 441. The number of amides is 1. The van der Waals surface area contributed by atoms with E-state index in [-0.39, 0.29) is 29.0 Å². The first-order valence-corrected chi connectivity index (χ1v) is 5.28. The van der Waals surface area contributed by atoms with Gasteiger partial charge >= 0.3 is 0 Å². The average Bonchev–Trinajstić information content (AvgIpc) is 2.65. The van der Waals surface area contributed by atoms with E-state index in [2.05, 4.69) is 10.3 Å². The van der Waals surface area contributed by atoms with E-state index in [0.29, 0.717) is 6.61 Å². The van der Waals surface area contributed by atoms with Gasteiger partial charge in [-0.1, -0.05) is 0 Å². The summed E-state index contributed by atoms with van der Waals surface area (Å²) in [5, 5.41) is 2.80. The second kappa shape index (κ2) is 4.49. The molecule has 1 aliphatic heterocycles. The van der Waals surface area contributed by atoms with Crippen molar-refractivity contribution in [2.24, 2.45) is 0 Å². The Morgan fingerprint density at radius 3 is 3.06 bits per heavy atom. The third kappa shape index (κ3) is 2.14. The minimum atomic E-state index is -0.343. The van der Waals surface area contributed by atoms with Gasteiger partial charge in [0.1, 0.15) is 5.56 Å². The molecule has 0 aromatic carbocycles. The van der Waals surface area contributed by atoms with Crippen LogP contribution in [0.1, 0.15) is 23.7 Å². The largest absolute Gasteiger partial charge is 0.376 e. The molecule has 0 saturated carbocycles. The highest BCUT2D eigenvalue weighted by Gasteiger charge is 2.26. The summed E-state index contributed by atoms with van der Waals surface area (Å²) in [7, 11) is 0. The van der Waals surface area contributed by atoms with E-state index < -0.39 is 0 Å². The van der Waals surface area contributed by atoms with Gasteiger partial charge in [-0.3, -0.25) is 9.59 Å². The fraction of sp³-hybridized carbons (Fsp3) is 0.455. The van der Waals surface area contributed by atoms with Crippen LogP contribution in [0.15, 0.2) is 23.3 Å². The van der Waals surface area contributed by atoms with Crippen LogP contribution in [0, 0.1) is 0 Å². The van der Waals surface area contributed by atoms with E-state index in [1.807, 2.05) is 6.92 Å². The van der Waals surface area contributed by atoms with Crippen molar-refractivity contribution >= 4 is 5.91 Å². The molecule has 1 saturated heterocycles. The van der Waals surface area contributed by atoms with E-state index in [9.17, 15) is 9.59 Å². The number of pyridine rings is 1. The smallest absolute Gasteiger partial charge is 0.257 e. The minimum Gasteiger partial charge on any atom is -0.376 e. The predicted octanol–water partition coefficient (Wildman–Crippen LogP) is 0.282. The number of aromatic amines is 1. The Kier molecular flexibility index (Phi) is 3.05. The number of hydrogen-bond donors (Lipinski definition) is 2. The Hall–Kier alpha value is -1.62. The van der Waals surface area contributed by atoms with Crippen molar-refractivity contribution in [3.8, 4) is 0 Å². The molecule has 2 N–H and O–H groups in total. The zero-order valence-electron chi connectivity index (χ0n) is 9.03. The van der Waals surface area contributed by atoms with E-state index in [1.165, 1.54) is 18.5 Å². The number of hydrogen-bond acceptors (Lipinski definition) is 3. The topological polar surface area (TPSA) is 71.2 Å². The van der Waals surface area contributed by atoms with Crippen LogP contribution in [0.2, 0.25) is 0 Å². The third-order valence-corrected chi connectivity index (χ3v) is 2.76. The first kappa shape index (κ1) is 10.9. The summed E-state index contributed by atoms with van der Waals surface area (Å²) in [6.07, 6.45) is 3.71. The van der Waals surface area contributed by atoms with Gasteiger partial charge in [-0.25, -0.2) is 0 Å². The number of rotatable bonds is 2. The molecule has 0 bridgehead atoms. The van der Waals surface area contributed by atoms with Crippen molar-refractivity contribution in [2.75, 3.05) is 6.61 Å².